The molecule has 0 aliphatic rings. The molecule has 0 amide bonds. The summed E-state index contributed by atoms with van der Waals surface area (Å²) in [5.41, 5.74) is 2.90. The van der Waals surface area contributed by atoms with Crippen LogP contribution in [0.3, 0.4) is 0 Å². The fourth-order valence-corrected chi connectivity index (χ4v) is 1.07. The van der Waals surface area contributed by atoms with Crippen molar-refractivity contribution in [3.63, 3.8) is 0 Å². The van der Waals surface area contributed by atoms with Gasteiger partial charge in [-0.3, -0.25) is 0 Å². The Labute approximate surface area is 74.1 Å². The topological polar surface area (TPSA) is 60.7 Å². The highest BCUT2D eigenvalue weighted by molar-refractivity contribution is 6.83. The first-order valence-corrected chi connectivity index (χ1v) is 7.36. The van der Waals surface area contributed by atoms with Gasteiger partial charge in [0.05, 0.1) is 6.61 Å². The zero-order chi connectivity index (χ0) is 9.78. The maximum Gasteiger partial charge on any atom is 0.142 e. The van der Waals surface area contributed by atoms with Gasteiger partial charge in [0.15, 0.2) is 0 Å². The van der Waals surface area contributed by atoms with Gasteiger partial charge in [0.1, 0.15) is 20.3 Å². The Morgan fingerprint density at radius 3 is 2.08 bits per heavy atom. The first-order valence-electron chi connectivity index (χ1n) is 3.86. The van der Waals surface area contributed by atoms with Crippen LogP contribution in [-0.2, 0) is 0 Å². The van der Waals surface area contributed by atoms with Crippen LogP contribution in [0.15, 0.2) is 0 Å². The van der Waals surface area contributed by atoms with Gasteiger partial charge < -0.3 is 15.3 Å². The first kappa shape index (κ1) is 11.7. The van der Waals surface area contributed by atoms with Crippen molar-refractivity contribution in [2.45, 2.75) is 31.8 Å². The van der Waals surface area contributed by atoms with Crippen molar-refractivity contribution in [2.75, 3.05) is 6.61 Å². The molecular formula is C8H16O3Si. The van der Waals surface area contributed by atoms with E-state index in [0.29, 0.717) is 0 Å². The van der Waals surface area contributed by atoms with E-state index in [0.717, 1.165) is 0 Å². The lowest BCUT2D eigenvalue weighted by atomic mass is 10.2. The molecule has 1 unspecified atom stereocenters. The van der Waals surface area contributed by atoms with Crippen molar-refractivity contribution < 1.29 is 15.3 Å². The zero-order valence-electron chi connectivity index (χ0n) is 7.70. The zero-order valence-corrected chi connectivity index (χ0v) is 8.70. The molecule has 0 aromatic carbocycles. The van der Waals surface area contributed by atoms with Crippen LogP contribution in [0.5, 0.6) is 0 Å². The average molecular weight is 188 g/mol. The van der Waals surface area contributed by atoms with Crippen molar-refractivity contribution in [2.24, 2.45) is 0 Å². The Kier molecular flexibility index (Phi) is 4.49. The molecule has 2 atom stereocenters. The normalized spacial score (nSPS) is 16.2. The monoisotopic (exact) mass is 188 g/mol. The third-order valence-electron chi connectivity index (χ3n) is 1.15. The molecule has 0 rings (SSSR count). The highest BCUT2D eigenvalue weighted by Gasteiger charge is 2.13. The van der Waals surface area contributed by atoms with Crippen LogP contribution in [0.25, 0.3) is 0 Å². The van der Waals surface area contributed by atoms with Crippen molar-refractivity contribution in [3.8, 4) is 11.5 Å². The maximum absolute atomic E-state index is 9.12. The molecule has 0 spiro atoms. The average Bonchev–Trinajstić information content (AvgIpc) is 1.97. The fraction of sp³-hybridized carbons (Fsp3) is 0.750. The van der Waals surface area contributed by atoms with E-state index in [9.17, 15) is 0 Å². The second kappa shape index (κ2) is 4.63. The lowest BCUT2D eigenvalue weighted by molar-refractivity contribution is 0.0139. The van der Waals surface area contributed by atoms with E-state index in [4.69, 9.17) is 15.3 Å². The van der Waals surface area contributed by atoms with Crippen LogP contribution >= 0.6 is 0 Å². The second-order valence-electron chi connectivity index (χ2n) is 3.71. The van der Waals surface area contributed by atoms with Gasteiger partial charge in [0, 0.05) is 0 Å². The van der Waals surface area contributed by atoms with Gasteiger partial charge in [0.2, 0.25) is 0 Å². The van der Waals surface area contributed by atoms with Crippen LogP contribution < -0.4 is 0 Å². The van der Waals surface area contributed by atoms with E-state index >= 15 is 0 Å². The van der Waals surface area contributed by atoms with E-state index in [2.05, 4.69) is 11.5 Å². The molecular weight excluding hydrogens is 172 g/mol. The molecule has 0 fully saturated rings. The first-order chi connectivity index (χ1) is 5.37. The van der Waals surface area contributed by atoms with Crippen molar-refractivity contribution in [1.82, 2.24) is 0 Å². The summed E-state index contributed by atoms with van der Waals surface area (Å²) >= 11 is 0. The summed E-state index contributed by atoms with van der Waals surface area (Å²) in [5.74, 6) is 2.53. The summed E-state index contributed by atoms with van der Waals surface area (Å²) in [6, 6.07) is 0. The van der Waals surface area contributed by atoms with Crippen molar-refractivity contribution in [3.05, 3.63) is 0 Å². The Morgan fingerprint density at radius 1 is 1.25 bits per heavy atom. The molecule has 0 aromatic rings. The molecule has 0 heterocycles. The van der Waals surface area contributed by atoms with Gasteiger partial charge in [-0.1, -0.05) is 25.6 Å². The highest BCUT2D eigenvalue weighted by atomic mass is 28.3. The predicted octanol–water partition coefficient (Wildman–Crippen LogP) is -0.419. The van der Waals surface area contributed by atoms with Crippen LogP contribution in [0.1, 0.15) is 0 Å². The van der Waals surface area contributed by atoms with E-state index in [1.807, 2.05) is 19.6 Å². The van der Waals surface area contributed by atoms with E-state index in [-0.39, 0.29) is 0 Å². The van der Waals surface area contributed by atoms with E-state index < -0.39 is 26.9 Å². The fourth-order valence-electron chi connectivity index (χ4n) is 0.486. The summed E-state index contributed by atoms with van der Waals surface area (Å²) < 4.78 is 0. The Morgan fingerprint density at radius 2 is 1.75 bits per heavy atom. The third kappa shape index (κ3) is 5.33. The van der Waals surface area contributed by atoms with Gasteiger partial charge in [-0.25, -0.2) is 0 Å². The minimum absolute atomic E-state index is 0.457. The lowest BCUT2D eigenvalue weighted by Gasteiger charge is -2.10. The number of rotatable bonds is 2. The van der Waals surface area contributed by atoms with Crippen LogP contribution in [0.2, 0.25) is 19.6 Å². The Hall–Kier alpha value is -0.343. The van der Waals surface area contributed by atoms with Crippen LogP contribution in [0, 0.1) is 11.5 Å². The standard InChI is InChI=1S/C8H16O3Si/c1-12(2,3)5-4-7(10)8(11)6-9/h7-11H,6H2,1-3H3/t7?,8-/m1/s1. The summed E-state index contributed by atoms with van der Waals surface area (Å²) in [5, 5.41) is 26.5. The van der Waals surface area contributed by atoms with Gasteiger partial charge in [-0.2, -0.15) is 0 Å². The lowest BCUT2D eigenvalue weighted by Crippen LogP contribution is -2.28. The number of hydrogen-bond acceptors (Lipinski definition) is 3. The SMILES string of the molecule is C[Si](C)(C)C#CC(O)[C@H](O)CO. The van der Waals surface area contributed by atoms with Crippen LogP contribution in [0.4, 0.5) is 0 Å². The van der Waals surface area contributed by atoms with E-state index in [1.54, 1.807) is 0 Å². The minimum Gasteiger partial charge on any atom is -0.394 e. The predicted molar refractivity (Wildman–Crippen MR) is 50.2 cm³/mol. The smallest absolute Gasteiger partial charge is 0.142 e. The molecule has 12 heavy (non-hydrogen) atoms. The van der Waals surface area contributed by atoms with Gasteiger partial charge in [0.25, 0.3) is 0 Å². The summed E-state index contributed by atoms with van der Waals surface area (Å²) in [7, 11) is -1.49. The quantitative estimate of drug-likeness (QED) is 0.407. The molecule has 0 saturated carbocycles. The molecule has 0 aromatic heterocycles. The molecule has 0 aliphatic carbocycles. The van der Waals surface area contributed by atoms with Gasteiger partial charge >= 0.3 is 0 Å². The van der Waals surface area contributed by atoms with Gasteiger partial charge in [-0.15, -0.1) is 5.54 Å². The summed E-state index contributed by atoms with van der Waals surface area (Å²) in [4.78, 5) is 0. The van der Waals surface area contributed by atoms with E-state index in [1.165, 1.54) is 0 Å². The minimum atomic E-state index is -1.49. The number of aliphatic hydroxyl groups is 3. The van der Waals surface area contributed by atoms with Crippen molar-refractivity contribution in [1.29, 1.82) is 0 Å². The highest BCUT2D eigenvalue weighted by Crippen LogP contribution is 1.98. The van der Waals surface area contributed by atoms with Crippen molar-refractivity contribution >= 4 is 8.07 Å². The molecule has 3 N–H and O–H groups in total. The molecule has 3 nitrogen and oxygen atoms in total. The van der Waals surface area contributed by atoms with Crippen LogP contribution in [-0.4, -0.2) is 42.2 Å². The third-order valence-corrected chi connectivity index (χ3v) is 2.04. The second-order valence-corrected chi connectivity index (χ2v) is 8.46. The number of hydrogen-bond donors (Lipinski definition) is 3. The molecule has 0 saturated heterocycles. The Balaban J connectivity index is 4.13. The summed E-state index contributed by atoms with van der Waals surface area (Å²) in [6.45, 7) is 5.66. The number of aliphatic hydroxyl groups excluding tert-OH is 3. The molecule has 70 valence electrons. The Bertz CT molecular complexity index is 187. The maximum atomic E-state index is 9.12. The summed E-state index contributed by atoms with van der Waals surface area (Å²) in [6.07, 6.45) is -2.27. The molecule has 0 bridgehead atoms. The molecule has 0 aliphatic heterocycles. The largest absolute Gasteiger partial charge is 0.394 e. The molecule has 0 radical (unpaired) electrons. The molecule has 4 heteroatoms. The van der Waals surface area contributed by atoms with Gasteiger partial charge in [-0.05, 0) is 0 Å².